The molecule has 0 aromatic carbocycles. The molecule has 1 aromatic rings. The highest BCUT2D eigenvalue weighted by atomic mass is 32.1. The van der Waals surface area contributed by atoms with Gasteiger partial charge in [-0.1, -0.05) is 31.6 Å². The molecule has 0 bridgehead atoms. The van der Waals surface area contributed by atoms with E-state index in [1.54, 1.807) is 11.3 Å². The number of amides is 1. The van der Waals surface area contributed by atoms with Crippen LogP contribution in [0.1, 0.15) is 49.5 Å². The normalized spacial score (nSPS) is 16.5. The highest BCUT2D eigenvalue weighted by Gasteiger charge is 2.38. The van der Waals surface area contributed by atoms with E-state index in [1.165, 1.54) is 12.8 Å². The van der Waals surface area contributed by atoms with Crippen LogP contribution in [0.5, 0.6) is 0 Å². The van der Waals surface area contributed by atoms with Crippen LogP contribution in [0.4, 0.5) is 0 Å². The standard InChI is InChI=1S/C16H22N2OS/c1-2-16(7-3-4-8-16)15(19)18-11-14-10-13(12-20-14)6-5-9-17/h10,12H,2-4,7-9,11,17H2,1H3,(H,18,19). The Morgan fingerprint density at radius 1 is 1.50 bits per heavy atom. The summed E-state index contributed by atoms with van der Waals surface area (Å²) in [4.78, 5) is 13.5. The minimum absolute atomic E-state index is 0.112. The molecule has 1 heterocycles. The van der Waals surface area contributed by atoms with Gasteiger partial charge in [-0.05, 0) is 25.3 Å². The molecule has 3 N–H and O–H groups in total. The van der Waals surface area contributed by atoms with Crippen LogP contribution >= 0.6 is 11.3 Å². The molecular weight excluding hydrogens is 268 g/mol. The van der Waals surface area contributed by atoms with Crippen LogP contribution < -0.4 is 11.1 Å². The van der Waals surface area contributed by atoms with Crippen LogP contribution in [0.2, 0.25) is 0 Å². The summed E-state index contributed by atoms with van der Waals surface area (Å²) in [5.41, 5.74) is 6.22. The second-order valence-corrected chi connectivity index (χ2v) is 6.33. The largest absolute Gasteiger partial charge is 0.351 e. The first-order chi connectivity index (χ1) is 9.70. The first-order valence-corrected chi connectivity index (χ1v) is 8.13. The van der Waals surface area contributed by atoms with Crippen LogP contribution in [0.15, 0.2) is 11.4 Å². The summed E-state index contributed by atoms with van der Waals surface area (Å²) in [6.07, 6.45) is 5.37. The molecule has 0 aliphatic heterocycles. The Morgan fingerprint density at radius 2 is 2.25 bits per heavy atom. The van der Waals surface area contributed by atoms with Crippen molar-refractivity contribution < 1.29 is 4.79 Å². The van der Waals surface area contributed by atoms with Gasteiger partial charge in [0, 0.05) is 21.2 Å². The van der Waals surface area contributed by atoms with Crippen molar-refractivity contribution in [1.82, 2.24) is 5.32 Å². The third-order valence-corrected chi connectivity index (χ3v) is 5.07. The molecule has 1 amide bonds. The number of hydrogen-bond acceptors (Lipinski definition) is 3. The predicted molar refractivity (Wildman–Crippen MR) is 83.3 cm³/mol. The molecule has 0 unspecified atom stereocenters. The van der Waals surface area contributed by atoms with E-state index >= 15 is 0 Å². The van der Waals surface area contributed by atoms with E-state index in [1.807, 2.05) is 11.4 Å². The van der Waals surface area contributed by atoms with Crippen LogP contribution in [0.3, 0.4) is 0 Å². The molecule has 1 aliphatic rings. The molecule has 108 valence electrons. The first kappa shape index (κ1) is 15.1. The highest BCUT2D eigenvalue weighted by molar-refractivity contribution is 7.10. The van der Waals surface area contributed by atoms with Gasteiger partial charge in [0.25, 0.3) is 0 Å². The van der Waals surface area contributed by atoms with E-state index < -0.39 is 0 Å². The fourth-order valence-electron chi connectivity index (χ4n) is 2.84. The lowest BCUT2D eigenvalue weighted by Crippen LogP contribution is -2.38. The van der Waals surface area contributed by atoms with Crippen LogP contribution in [-0.4, -0.2) is 12.5 Å². The Hall–Kier alpha value is -1.31. The fraction of sp³-hybridized carbons (Fsp3) is 0.562. The molecule has 3 nitrogen and oxygen atoms in total. The molecule has 0 spiro atoms. The van der Waals surface area contributed by atoms with Gasteiger partial charge in [-0.15, -0.1) is 11.3 Å². The Morgan fingerprint density at radius 3 is 2.90 bits per heavy atom. The minimum Gasteiger partial charge on any atom is -0.351 e. The van der Waals surface area contributed by atoms with E-state index in [0.717, 1.165) is 29.7 Å². The van der Waals surface area contributed by atoms with E-state index in [0.29, 0.717) is 13.1 Å². The van der Waals surface area contributed by atoms with Gasteiger partial charge < -0.3 is 11.1 Å². The van der Waals surface area contributed by atoms with Gasteiger partial charge in [-0.2, -0.15) is 0 Å². The average Bonchev–Trinajstić information content (AvgIpc) is 3.12. The summed E-state index contributed by atoms with van der Waals surface area (Å²) < 4.78 is 0. The van der Waals surface area contributed by atoms with Gasteiger partial charge in [0.15, 0.2) is 0 Å². The average molecular weight is 290 g/mol. The second-order valence-electron chi connectivity index (χ2n) is 5.33. The molecule has 4 heteroatoms. The zero-order chi connectivity index (χ0) is 14.4. The lowest BCUT2D eigenvalue weighted by molar-refractivity contribution is -0.131. The third-order valence-electron chi connectivity index (χ3n) is 4.13. The Bertz CT molecular complexity index is 518. The van der Waals surface area contributed by atoms with E-state index in [9.17, 15) is 4.79 Å². The maximum absolute atomic E-state index is 12.4. The molecular formula is C16H22N2OS. The van der Waals surface area contributed by atoms with Gasteiger partial charge >= 0.3 is 0 Å². The Balaban J connectivity index is 1.91. The van der Waals surface area contributed by atoms with Gasteiger partial charge in [-0.25, -0.2) is 0 Å². The van der Waals surface area contributed by atoms with Gasteiger partial charge in [-0.3, -0.25) is 4.79 Å². The van der Waals surface area contributed by atoms with Gasteiger partial charge in [0.2, 0.25) is 5.91 Å². The highest BCUT2D eigenvalue weighted by Crippen LogP contribution is 2.41. The van der Waals surface area contributed by atoms with Crippen molar-refractivity contribution in [2.45, 2.75) is 45.6 Å². The van der Waals surface area contributed by atoms with Crippen LogP contribution in [0, 0.1) is 17.3 Å². The van der Waals surface area contributed by atoms with Crippen molar-refractivity contribution in [1.29, 1.82) is 0 Å². The quantitative estimate of drug-likeness (QED) is 0.838. The molecule has 1 saturated carbocycles. The van der Waals surface area contributed by atoms with Crippen molar-refractivity contribution in [3.63, 3.8) is 0 Å². The van der Waals surface area contributed by atoms with Crippen molar-refractivity contribution in [3.8, 4) is 11.8 Å². The molecule has 1 aliphatic carbocycles. The summed E-state index contributed by atoms with van der Waals surface area (Å²) in [6, 6.07) is 2.03. The number of rotatable bonds is 4. The molecule has 0 radical (unpaired) electrons. The number of carbonyl (C=O) groups is 1. The Labute approximate surface area is 124 Å². The zero-order valence-electron chi connectivity index (χ0n) is 12.0. The summed E-state index contributed by atoms with van der Waals surface area (Å²) in [6.45, 7) is 3.10. The van der Waals surface area contributed by atoms with Gasteiger partial charge in [0.1, 0.15) is 0 Å². The van der Waals surface area contributed by atoms with Crippen LogP contribution in [0.25, 0.3) is 0 Å². The number of nitrogens with one attached hydrogen (secondary N) is 1. The Kier molecular flexibility index (Phi) is 5.22. The van der Waals surface area contributed by atoms with E-state index in [-0.39, 0.29) is 11.3 Å². The number of thiophene rings is 1. The lowest BCUT2D eigenvalue weighted by atomic mass is 9.82. The summed E-state index contributed by atoms with van der Waals surface area (Å²) >= 11 is 1.63. The monoisotopic (exact) mass is 290 g/mol. The minimum atomic E-state index is -0.112. The lowest BCUT2D eigenvalue weighted by Gasteiger charge is -2.25. The third kappa shape index (κ3) is 3.41. The molecule has 0 atom stereocenters. The van der Waals surface area contributed by atoms with Gasteiger partial charge in [0.05, 0.1) is 13.1 Å². The number of hydrogen-bond donors (Lipinski definition) is 2. The van der Waals surface area contributed by atoms with Crippen molar-refractivity contribution in [2.75, 3.05) is 6.54 Å². The van der Waals surface area contributed by atoms with Crippen molar-refractivity contribution in [3.05, 3.63) is 21.9 Å². The molecule has 2 rings (SSSR count). The summed E-state index contributed by atoms with van der Waals surface area (Å²) in [5, 5.41) is 5.11. The number of carbonyl (C=O) groups excluding carboxylic acids is 1. The number of nitrogens with two attached hydrogens (primary N) is 1. The second kappa shape index (κ2) is 6.92. The summed E-state index contributed by atoms with van der Waals surface area (Å²) in [7, 11) is 0. The molecule has 1 fully saturated rings. The van der Waals surface area contributed by atoms with Crippen LogP contribution in [-0.2, 0) is 11.3 Å². The van der Waals surface area contributed by atoms with Crippen molar-refractivity contribution in [2.24, 2.45) is 11.1 Å². The fourth-order valence-corrected chi connectivity index (χ4v) is 3.60. The molecule has 20 heavy (non-hydrogen) atoms. The maximum atomic E-state index is 12.4. The molecule has 0 saturated heterocycles. The van der Waals surface area contributed by atoms with E-state index in [2.05, 4.69) is 24.1 Å². The smallest absolute Gasteiger partial charge is 0.226 e. The predicted octanol–water partition coefficient (Wildman–Crippen LogP) is 2.64. The first-order valence-electron chi connectivity index (χ1n) is 7.25. The SMILES string of the molecule is CCC1(C(=O)NCc2cc(C#CCN)cs2)CCCC1. The zero-order valence-corrected chi connectivity index (χ0v) is 12.8. The van der Waals surface area contributed by atoms with Crippen molar-refractivity contribution >= 4 is 17.2 Å². The topological polar surface area (TPSA) is 55.1 Å². The maximum Gasteiger partial charge on any atom is 0.226 e. The molecule has 1 aromatic heterocycles. The van der Waals surface area contributed by atoms with E-state index in [4.69, 9.17) is 5.73 Å². The summed E-state index contributed by atoms with van der Waals surface area (Å²) in [5.74, 6) is 6.07.